The molecule has 0 aromatic heterocycles. The van der Waals surface area contributed by atoms with Crippen molar-refractivity contribution in [2.24, 2.45) is 5.92 Å². The molecule has 2 rings (SSSR count). The molecule has 2 unspecified atom stereocenters. The number of rotatable bonds is 4. The Labute approximate surface area is 128 Å². The van der Waals surface area contributed by atoms with E-state index in [1.807, 2.05) is 0 Å². The number of ether oxygens (including phenoxy) is 1. The van der Waals surface area contributed by atoms with Gasteiger partial charge in [-0.2, -0.15) is 0 Å². The number of benzene rings is 1. The zero-order valence-electron chi connectivity index (χ0n) is 11.3. The van der Waals surface area contributed by atoms with Crippen LogP contribution < -0.4 is 15.4 Å². The number of piperidine rings is 1. The van der Waals surface area contributed by atoms with Crippen LogP contribution in [-0.2, 0) is 4.79 Å². The highest BCUT2D eigenvalue weighted by molar-refractivity contribution is 6.34. The third-order valence-electron chi connectivity index (χ3n) is 3.43. The first kappa shape index (κ1) is 15.4. The standard InChI is InChI=1S/C14H18Cl2N2O2/c1-9-4-5-17-7-12(9)18-14(19)8-20-13-6-10(15)2-3-11(13)16/h2-3,6,9,12,17H,4-5,7-8H2,1H3,(H,18,19). The van der Waals surface area contributed by atoms with Crippen molar-refractivity contribution in [3.05, 3.63) is 28.2 Å². The second-order valence-electron chi connectivity index (χ2n) is 5.01. The second-order valence-corrected chi connectivity index (χ2v) is 5.85. The van der Waals surface area contributed by atoms with Crippen LogP contribution in [-0.4, -0.2) is 31.6 Å². The predicted octanol–water partition coefficient (Wildman–Crippen LogP) is 2.49. The molecule has 2 N–H and O–H groups in total. The predicted molar refractivity (Wildman–Crippen MR) is 80.5 cm³/mol. The molecule has 6 heteroatoms. The van der Waals surface area contributed by atoms with Gasteiger partial charge >= 0.3 is 0 Å². The molecule has 0 saturated carbocycles. The van der Waals surface area contributed by atoms with E-state index in [0.717, 1.165) is 19.5 Å². The fourth-order valence-corrected chi connectivity index (χ4v) is 2.50. The Bertz CT molecular complexity index is 482. The summed E-state index contributed by atoms with van der Waals surface area (Å²) in [6.07, 6.45) is 1.06. The van der Waals surface area contributed by atoms with E-state index in [1.54, 1.807) is 18.2 Å². The van der Waals surface area contributed by atoms with Crippen LogP contribution in [0.2, 0.25) is 10.0 Å². The number of hydrogen-bond donors (Lipinski definition) is 2. The lowest BCUT2D eigenvalue weighted by Crippen LogP contribution is -2.51. The molecular formula is C14H18Cl2N2O2. The summed E-state index contributed by atoms with van der Waals surface area (Å²) in [4.78, 5) is 11.9. The average molecular weight is 317 g/mol. The first-order valence-corrected chi connectivity index (χ1v) is 7.40. The Morgan fingerprint density at radius 1 is 1.50 bits per heavy atom. The Morgan fingerprint density at radius 3 is 3.05 bits per heavy atom. The zero-order chi connectivity index (χ0) is 14.5. The van der Waals surface area contributed by atoms with Crippen LogP contribution in [0.4, 0.5) is 0 Å². The van der Waals surface area contributed by atoms with Crippen molar-refractivity contribution in [2.45, 2.75) is 19.4 Å². The van der Waals surface area contributed by atoms with Crippen molar-refractivity contribution >= 4 is 29.1 Å². The van der Waals surface area contributed by atoms with E-state index >= 15 is 0 Å². The highest BCUT2D eigenvalue weighted by Gasteiger charge is 2.22. The van der Waals surface area contributed by atoms with Gasteiger partial charge in [0.1, 0.15) is 5.75 Å². The van der Waals surface area contributed by atoms with E-state index in [4.69, 9.17) is 27.9 Å². The van der Waals surface area contributed by atoms with E-state index in [1.165, 1.54) is 0 Å². The summed E-state index contributed by atoms with van der Waals surface area (Å²) in [5.74, 6) is 0.737. The molecule has 1 saturated heterocycles. The average Bonchev–Trinajstić information content (AvgIpc) is 2.42. The molecule has 1 aromatic carbocycles. The smallest absolute Gasteiger partial charge is 0.258 e. The van der Waals surface area contributed by atoms with Gasteiger partial charge in [0, 0.05) is 23.7 Å². The summed E-state index contributed by atoms with van der Waals surface area (Å²) < 4.78 is 5.41. The molecule has 1 aliphatic rings. The molecule has 1 fully saturated rings. The van der Waals surface area contributed by atoms with Crippen molar-refractivity contribution in [1.29, 1.82) is 0 Å². The van der Waals surface area contributed by atoms with Gasteiger partial charge in [0.25, 0.3) is 5.91 Å². The number of carbonyl (C=O) groups excluding carboxylic acids is 1. The minimum Gasteiger partial charge on any atom is -0.482 e. The van der Waals surface area contributed by atoms with Crippen LogP contribution in [0.15, 0.2) is 18.2 Å². The van der Waals surface area contributed by atoms with Crippen LogP contribution in [0, 0.1) is 5.92 Å². The van der Waals surface area contributed by atoms with Gasteiger partial charge in [-0.05, 0) is 31.0 Å². The minimum absolute atomic E-state index is 0.0662. The van der Waals surface area contributed by atoms with Gasteiger partial charge in [-0.1, -0.05) is 30.1 Å². The molecule has 0 bridgehead atoms. The van der Waals surface area contributed by atoms with E-state index in [2.05, 4.69) is 17.6 Å². The Balaban J connectivity index is 1.84. The number of hydrogen-bond acceptors (Lipinski definition) is 3. The summed E-state index contributed by atoms with van der Waals surface area (Å²) in [6, 6.07) is 5.06. The minimum atomic E-state index is -0.151. The topological polar surface area (TPSA) is 50.4 Å². The molecule has 1 amide bonds. The molecule has 0 aliphatic carbocycles. The maximum Gasteiger partial charge on any atom is 0.258 e. The van der Waals surface area contributed by atoms with Gasteiger partial charge in [-0.25, -0.2) is 0 Å². The highest BCUT2D eigenvalue weighted by Crippen LogP contribution is 2.27. The van der Waals surface area contributed by atoms with Gasteiger partial charge < -0.3 is 15.4 Å². The van der Waals surface area contributed by atoms with Crippen LogP contribution in [0.3, 0.4) is 0 Å². The van der Waals surface area contributed by atoms with Crippen LogP contribution in [0.5, 0.6) is 5.75 Å². The number of nitrogens with one attached hydrogen (secondary N) is 2. The lowest BCUT2D eigenvalue weighted by Gasteiger charge is -2.30. The van der Waals surface area contributed by atoms with Crippen LogP contribution in [0.25, 0.3) is 0 Å². The highest BCUT2D eigenvalue weighted by atomic mass is 35.5. The Kier molecular flexibility index (Phi) is 5.52. The first-order valence-electron chi connectivity index (χ1n) is 6.64. The van der Waals surface area contributed by atoms with Crippen molar-refractivity contribution in [3.63, 3.8) is 0 Å². The fraction of sp³-hybridized carbons (Fsp3) is 0.500. The lowest BCUT2D eigenvalue weighted by molar-refractivity contribution is -0.124. The fourth-order valence-electron chi connectivity index (χ4n) is 2.16. The summed E-state index contributed by atoms with van der Waals surface area (Å²) in [6.45, 7) is 3.87. The molecular weight excluding hydrogens is 299 g/mol. The summed E-state index contributed by atoms with van der Waals surface area (Å²) in [7, 11) is 0. The molecule has 0 spiro atoms. The second kappa shape index (κ2) is 7.16. The van der Waals surface area contributed by atoms with Gasteiger partial charge in [0.15, 0.2) is 6.61 Å². The SMILES string of the molecule is CC1CCNCC1NC(=O)COc1cc(Cl)ccc1Cl. The molecule has 2 atom stereocenters. The Morgan fingerprint density at radius 2 is 2.30 bits per heavy atom. The molecule has 1 aliphatic heterocycles. The number of halogens is 2. The molecule has 1 heterocycles. The lowest BCUT2D eigenvalue weighted by atomic mass is 9.95. The van der Waals surface area contributed by atoms with Crippen molar-refractivity contribution < 1.29 is 9.53 Å². The van der Waals surface area contributed by atoms with E-state index in [0.29, 0.717) is 21.7 Å². The number of carbonyl (C=O) groups is 1. The molecule has 110 valence electrons. The van der Waals surface area contributed by atoms with Crippen molar-refractivity contribution in [3.8, 4) is 5.75 Å². The monoisotopic (exact) mass is 316 g/mol. The van der Waals surface area contributed by atoms with Crippen LogP contribution in [0.1, 0.15) is 13.3 Å². The van der Waals surface area contributed by atoms with Gasteiger partial charge in [-0.3, -0.25) is 4.79 Å². The zero-order valence-corrected chi connectivity index (χ0v) is 12.8. The first-order chi connectivity index (χ1) is 9.56. The summed E-state index contributed by atoms with van der Waals surface area (Å²) >= 11 is 11.8. The molecule has 4 nitrogen and oxygen atoms in total. The van der Waals surface area contributed by atoms with E-state index < -0.39 is 0 Å². The normalized spacial score (nSPS) is 22.4. The number of amides is 1. The maximum atomic E-state index is 11.9. The van der Waals surface area contributed by atoms with Crippen molar-refractivity contribution in [2.75, 3.05) is 19.7 Å². The largest absolute Gasteiger partial charge is 0.482 e. The van der Waals surface area contributed by atoms with E-state index in [9.17, 15) is 4.79 Å². The third-order valence-corrected chi connectivity index (χ3v) is 3.97. The third kappa shape index (κ3) is 4.27. The van der Waals surface area contributed by atoms with Crippen LogP contribution >= 0.6 is 23.2 Å². The molecule has 0 radical (unpaired) electrons. The quantitative estimate of drug-likeness (QED) is 0.897. The summed E-state index contributed by atoms with van der Waals surface area (Å²) in [5.41, 5.74) is 0. The van der Waals surface area contributed by atoms with Gasteiger partial charge in [0.05, 0.1) is 5.02 Å². The van der Waals surface area contributed by atoms with Gasteiger partial charge in [-0.15, -0.1) is 0 Å². The van der Waals surface area contributed by atoms with E-state index in [-0.39, 0.29) is 18.6 Å². The molecule has 1 aromatic rings. The summed E-state index contributed by atoms with van der Waals surface area (Å²) in [5, 5.41) is 7.20. The Hall–Kier alpha value is -0.970. The van der Waals surface area contributed by atoms with Gasteiger partial charge in [0.2, 0.25) is 0 Å². The maximum absolute atomic E-state index is 11.9. The molecule has 20 heavy (non-hydrogen) atoms. The van der Waals surface area contributed by atoms with Crippen molar-refractivity contribution in [1.82, 2.24) is 10.6 Å².